The standard InChI is InChI=1S/C15H18FNO3/c1-9(14(18)17(2)3)20-15(19)12-8-11(12)10-6-4-5-7-13(10)16/h4-7,9,11-12H,8H2,1-3H3/t9-,11-,12+/m0/s1. The Balaban J connectivity index is 1.94. The molecule has 20 heavy (non-hydrogen) atoms. The van der Waals surface area contributed by atoms with E-state index < -0.39 is 12.1 Å². The van der Waals surface area contributed by atoms with Crippen LogP contribution >= 0.6 is 0 Å². The fourth-order valence-corrected chi connectivity index (χ4v) is 2.25. The molecule has 1 aromatic rings. The monoisotopic (exact) mass is 279 g/mol. The van der Waals surface area contributed by atoms with Gasteiger partial charge in [-0.2, -0.15) is 0 Å². The number of likely N-dealkylation sites (N-methyl/N-ethyl adjacent to an activating group) is 1. The summed E-state index contributed by atoms with van der Waals surface area (Å²) in [5.41, 5.74) is 0.543. The summed E-state index contributed by atoms with van der Waals surface area (Å²) >= 11 is 0. The zero-order valence-corrected chi connectivity index (χ0v) is 11.8. The molecular formula is C15H18FNO3. The maximum Gasteiger partial charge on any atom is 0.310 e. The van der Waals surface area contributed by atoms with Gasteiger partial charge in [0.05, 0.1) is 5.92 Å². The number of amides is 1. The molecule has 1 saturated carbocycles. The lowest BCUT2D eigenvalue weighted by atomic mass is 10.1. The average molecular weight is 279 g/mol. The molecule has 1 amide bonds. The molecule has 0 N–H and O–H groups in total. The van der Waals surface area contributed by atoms with Crippen molar-refractivity contribution < 1.29 is 18.7 Å². The van der Waals surface area contributed by atoms with Gasteiger partial charge in [-0.05, 0) is 25.0 Å². The van der Waals surface area contributed by atoms with Crippen molar-refractivity contribution in [1.82, 2.24) is 4.90 Å². The van der Waals surface area contributed by atoms with E-state index in [1.165, 1.54) is 11.0 Å². The summed E-state index contributed by atoms with van der Waals surface area (Å²) in [7, 11) is 3.21. The summed E-state index contributed by atoms with van der Waals surface area (Å²) in [6.07, 6.45) is -0.234. The van der Waals surface area contributed by atoms with Crippen LogP contribution in [0.3, 0.4) is 0 Å². The van der Waals surface area contributed by atoms with Crippen LogP contribution in [0, 0.1) is 11.7 Å². The third-order valence-corrected chi connectivity index (χ3v) is 3.48. The fourth-order valence-electron chi connectivity index (χ4n) is 2.25. The molecule has 1 aliphatic carbocycles. The Labute approximate surface area is 117 Å². The molecule has 108 valence electrons. The van der Waals surface area contributed by atoms with E-state index in [0.717, 1.165) is 0 Å². The predicted molar refractivity (Wildman–Crippen MR) is 71.5 cm³/mol. The molecule has 0 saturated heterocycles. The van der Waals surface area contributed by atoms with Crippen LogP contribution in [0.1, 0.15) is 24.8 Å². The van der Waals surface area contributed by atoms with Crippen molar-refractivity contribution in [1.29, 1.82) is 0 Å². The summed E-state index contributed by atoms with van der Waals surface area (Å²) < 4.78 is 18.7. The van der Waals surface area contributed by atoms with E-state index in [-0.39, 0.29) is 23.6 Å². The number of halogens is 1. The Kier molecular flexibility index (Phi) is 4.06. The highest BCUT2D eigenvalue weighted by Gasteiger charge is 2.47. The van der Waals surface area contributed by atoms with Crippen molar-refractivity contribution in [3.05, 3.63) is 35.6 Å². The van der Waals surface area contributed by atoms with E-state index in [4.69, 9.17) is 4.74 Å². The van der Waals surface area contributed by atoms with Crippen molar-refractivity contribution >= 4 is 11.9 Å². The number of hydrogen-bond acceptors (Lipinski definition) is 3. The molecular weight excluding hydrogens is 261 g/mol. The number of benzene rings is 1. The van der Waals surface area contributed by atoms with Crippen molar-refractivity contribution in [2.45, 2.75) is 25.4 Å². The van der Waals surface area contributed by atoms with Gasteiger partial charge in [-0.1, -0.05) is 18.2 Å². The Morgan fingerprint density at radius 3 is 2.60 bits per heavy atom. The van der Waals surface area contributed by atoms with Gasteiger partial charge in [0.1, 0.15) is 5.82 Å². The molecule has 0 aromatic heterocycles. The molecule has 3 atom stereocenters. The lowest BCUT2D eigenvalue weighted by Crippen LogP contribution is -2.35. The highest BCUT2D eigenvalue weighted by atomic mass is 19.1. The maximum absolute atomic E-state index is 13.6. The van der Waals surface area contributed by atoms with Crippen LogP contribution < -0.4 is 0 Å². The minimum Gasteiger partial charge on any atom is -0.452 e. The summed E-state index contributed by atoms with van der Waals surface area (Å²) in [5, 5.41) is 0. The second-order valence-corrected chi connectivity index (χ2v) is 5.28. The molecule has 0 bridgehead atoms. The number of esters is 1. The van der Waals surface area contributed by atoms with Crippen molar-refractivity contribution in [3.8, 4) is 0 Å². The quantitative estimate of drug-likeness (QED) is 0.791. The van der Waals surface area contributed by atoms with Crippen molar-refractivity contribution in [3.63, 3.8) is 0 Å². The van der Waals surface area contributed by atoms with Crippen LogP contribution in [0.2, 0.25) is 0 Å². The Morgan fingerprint density at radius 2 is 2.00 bits per heavy atom. The van der Waals surface area contributed by atoms with Gasteiger partial charge in [-0.3, -0.25) is 9.59 Å². The number of hydrogen-bond donors (Lipinski definition) is 0. The van der Waals surface area contributed by atoms with Crippen molar-refractivity contribution in [2.24, 2.45) is 5.92 Å². The molecule has 1 fully saturated rings. The van der Waals surface area contributed by atoms with Gasteiger partial charge in [0, 0.05) is 20.0 Å². The van der Waals surface area contributed by atoms with E-state index >= 15 is 0 Å². The van der Waals surface area contributed by atoms with Crippen molar-refractivity contribution in [2.75, 3.05) is 14.1 Å². The normalized spacial score (nSPS) is 22.0. The van der Waals surface area contributed by atoms with Crippen LogP contribution in [-0.4, -0.2) is 37.0 Å². The molecule has 1 aromatic carbocycles. The third kappa shape index (κ3) is 2.98. The fraction of sp³-hybridized carbons (Fsp3) is 0.467. The Morgan fingerprint density at radius 1 is 1.35 bits per heavy atom. The summed E-state index contributed by atoms with van der Waals surface area (Å²) in [5.74, 6) is -1.47. The largest absolute Gasteiger partial charge is 0.452 e. The van der Waals surface area contributed by atoms with Gasteiger partial charge in [0.25, 0.3) is 5.91 Å². The van der Waals surface area contributed by atoms with Crippen LogP contribution in [0.5, 0.6) is 0 Å². The first kappa shape index (κ1) is 14.5. The summed E-state index contributed by atoms with van der Waals surface area (Å²) in [6.45, 7) is 1.54. The minimum absolute atomic E-state index is 0.134. The van der Waals surface area contributed by atoms with E-state index in [2.05, 4.69) is 0 Å². The average Bonchev–Trinajstić information content (AvgIpc) is 3.18. The van der Waals surface area contributed by atoms with E-state index in [1.54, 1.807) is 39.2 Å². The molecule has 5 heteroatoms. The smallest absolute Gasteiger partial charge is 0.310 e. The number of rotatable bonds is 4. The van der Waals surface area contributed by atoms with Crippen LogP contribution in [0.25, 0.3) is 0 Å². The molecule has 2 rings (SSSR count). The summed E-state index contributed by atoms with van der Waals surface area (Å²) in [4.78, 5) is 24.9. The van der Waals surface area contributed by atoms with Crippen LogP contribution in [0.15, 0.2) is 24.3 Å². The highest BCUT2D eigenvalue weighted by Crippen LogP contribution is 2.49. The van der Waals surface area contributed by atoms with Crippen LogP contribution in [0.4, 0.5) is 4.39 Å². The lowest BCUT2D eigenvalue weighted by Gasteiger charge is -2.17. The van der Waals surface area contributed by atoms with E-state index in [0.29, 0.717) is 12.0 Å². The lowest BCUT2D eigenvalue weighted by molar-refractivity contribution is -0.159. The van der Waals surface area contributed by atoms with Crippen LogP contribution in [-0.2, 0) is 14.3 Å². The first-order chi connectivity index (χ1) is 9.41. The number of nitrogens with zero attached hydrogens (tertiary/aromatic N) is 1. The number of ether oxygens (including phenoxy) is 1. The second kappa shape index (κ2) is 5.61. The Bertz CT molecular complexity index is 530. The zero-order valence-electron chi connectivity index (χ0n) is 11.8. The second-order valence-electron chi connectivity index (χ2n) is 5.28. The predicted octanol–water partition coefficient (Wildman–Crippen LogP) is 1.95. The van der Waals surface area contributed by atoms with Gasteiger partial charge in [-0.15, -0.1) is 0 Å². The molecule has 0 aliphatic heterocycles. The van der Waals surface area contributed by atoms with Gasteiger partial charge in [-0.25, -0.2) is 4.39 Å². The minimum atomic E-state index is -0.806. The highest BCUT2D eigenvalue weighted by molar-refractivity contribution is 5.85. The van der Waals surface area contributed by atoms with Gasteiger partial charge in [0.15, 0.2) is 6.10 Å². The molecule has 1 aliphatic rings. The molecule has 0 heterocycles. The SMILES string of the molecule is C[C@H](OC(=O)[C@@H]1C[C@H]1c1ccccc1F)C(=O)N(C)C. The van der Waals surface area contributed by atoms with Gasteiger partial charge >= 0.3 is 5.97 Å². The first-order valence-electron chi connectivity index (χ1n) is 6.58. The third-order valence-electron chi connectivity index (χ3n) is 3.48. The van der Waals surface area contributed by atoms with E-state index in [1.807, 2.05) is 0 Å². The zero-order chi connectivity index (χ0) is 14.9. The molecule has 4 nitrogen and oxygen atoms in total. The molecule has 0 unspecified atom stereocenters. The number of carbonyl (C=O) groups is 2. The molecule has 0 radical (unpaired) electrons. The topological polar surface area (TPSA) is 46.6 Å². The van der Waals surface area contributed by atoms with Gasteiger partial charge in [0.2, 0.25) is 0 Å². The maximum atomic E-state index is 13.6. The summed E-state index contributed by atoms with van der Waals surface area (Å²) in [6, 6.07) is 6.43. The molecule has 0 spiro atoms. The van der Waals surface area contributed by atoms with Gasteiger partial charge < -0.3 is 9.64 Å². The van der Waals surface area contributed by atoms with E-state index in [9.17, 15) is 14.0 Å². The Hall–Kier alpha value is -1.91. The first-order valence-corrected chi connectivity index (χ1v) is 6.58. The number of carbonyl (C=O) groups excluding carboxylic acids is 2.